The van der Waals surface area contributed by atoms with Crippen LogP contribution in [0.2, 0.25) is 0 Å². The first-order chi connectivity index (χ1) is 15.4. The number of pyridine rings is 1. The van der Waals surface area contributed by atoms with E-state index in [2.05, 4.69) is 20.2 Å². The molecule has 1 amide bonds. The summed E-state index contributed by atoms with van der Waals surface area (Å²) in [6.45, 7) is 1.86. The fourth-order valence-corrected chi connectivity index (χ4v) is 3.99. The molecule has 0 bridgehead atoms. The Hall–Kier alpha value is -4.08. The Kier molecular flexibility index (Phi) is 5.43. The molecule has 3 heterocycles. The van der Waals surface area contributed by atoms with E-state index in [1.54, 1.807) is 19.0 Å². The van der Waals surface area contributed by atoms with Crippen molar-refractivity contribution in [3.05, 3.63) is 86.2 Å². The van der Waals surface area contributed by atoms with Gasteiger partial charge in [0, 0.05) is 27.3 Å². The molecule has 1 N–H and O–H groups in total. The van der Waals surface area contributed by atoms with Crippen LogP contribution in [-0.2, 0) is 20.5 Å². The zero-order valence-electron chi connectivity index (χ0n) is 18.2. The Morgan fingerprint density at radius 3 is 2.47 bits per heavy atom. The van der Waals surface area contributed by atoms with Gasteiger partial charge in [0.15, 0.2) is 5.82 Å². The van der Waals surface area contributed by atoms with Crippen molar-refractivity contribution in [3.8, 4) is 0 Å². The van der Waals surface area contributed by atoms with E-state index < -0.39 is 17.3 Å². The molecule has 1 atom stereocenters. The highest BCUT2D eigenvalue weighted by Gasteiger charge is 2.29. The molecule has 10 heteroatoms. The molecule has 0 spiro atoms. The molecule has 0 saturated heterocycles. The van der Waals surface area contributed by atoms with Crippen LogP contribution in [0.1, 0.15) is 40.3 Å². The van der Waals surface area contributed by atoms with Gasteiger partial charge in [0.25, 0.3) is 11.5 Å². The highest BCUT2D eigenvalue weighted by molar-refractivity contribution is 5.99. The van der Waals surface area contributed by atoms with E-state index in [4.69, 9.17) is 0 Å². The highest BCUT2D eigenvalue weighted by Crippen LogP contribution is 2.28. The predicted octanol–water partition coefficient (Wildman–Crippen LogP) is 1.17. The number of aryl methyl sites for hydroxylation is 2. The number of carbonyl (C=O) groups is 1. The van der Waals surface area contributed by atoms with Crippen molar-refractivity contribution >= 4 is 16.9 Å². The number of amides is 1. The SMILES string of the molecule is CCc1c(C(=O)N(C)C(c2ccccc2)c2ncn[nH]2)cnc2c1c(=O)n(C)c(=O)n2C. The number of rotatable bonds is 5. The minimum absolute atomic E-state index is 0.254. The van der Waals surface area contributed by atoms with Crippen molar-refractivity contribution in [1.29, 1.82) is 0 Å². The van der Waals surface area contributed by atoms with Gasteiger partial charge in [-0.15, -0.1) is 0 Å². The van der Waals surface area contributed by atoms with Crippen molar-refractivity contribution < 1.29 is 4.79 Å². The van der Waals surface area contributed by atoms with Gasteiger partial charge in [-0.2, -0.15) is 5.10 Å². The number of H-pyrrole nitrogens is 1. The minimum atomic E-state index is -0.519. The third kappa shape index (κ3) is 3.29. The third-order valence-electron chi connectivity index (χ3n) is 5.68. The van der Waals surface area contributed by atoms with Crippen LogP contribution >= 0.6 is 0 Å². The van der Waals surface area contributed by atoms with Crippen LogP contribution in [0.25, 0.3) is 11.0 Å². The Morgan fingerprint density at radius 2 is 1.84 bits per heavy atom. The molecule has 10 nitrogen and oxygen atoms in total. The Bertz CT molecular complexity index is 1410. The quantitative estimate of drug-likeness (QED) is 0.505. The first-order valence-electron chi connectivity index (χ1n) is 10.1. The van der Waals surface area contributed by atoms with Gasteiger partial charge in [0.2, 0.25) is 0 Å². The summed E-state index contributed by atoms with van der Waals surface area (Å²) in [6.07, 6.45) is 3.24. The molecule has 0 fully saturated rings. The van der Waals surface area contributed by atoms with E-state index in [1.807, 2.05) is 37.3 Å². The summed E-state index contributed by atoms with van der Waals surface area (Å²) in [4.78, 5) is 49.0. The monoisotopic (exact) mass is 433 g/mol. The number of benzene rings is 1. The molecule has 0 aliphatic rings. The number of hydrogen-bond donors (Lipinski definition) is 1. The van der Waals surface area contributed by atoms with Crippen LogP contribution in [0.3, 0.4) is 0 Å². The zero-order chi connectivity index (χ0) is 23.0. The molecule has 3 aromatic heterocycles. The Balaban J connectivity index is 1.89. The molecule has 1 unspecified atom stereocenters. The second kappa shape index (κ2) is 8.22. The molecular formula is C22H23N7O3. The second-order valence-electron chi connectivity index (χ2n) is 7.51. The summed E-state index contributed by atoms with van der Waals surface area (Å²) in [5, 5.41) is 7.05. The molecule has 164 valence electrons. The first-order valence-corrected chi connectivity index (χ1v) is 10.1. The number of aromatic amines is 1. The van der Waals surface area contributed by atoms with E-state index in [0.717, 1.165) is 10.1 Å². The molecule has 4 rings (SSSR count). The Labute approximate surface area is 183 Å². The lowest BCUT2D eigenvalue weighted by molar-refractivity contribution is 0.0749. The van der Waals surface area contributed by atoms with Gasteiger partial charge in [-0.3, -0.25) is 23.8 Å². The van der Waals surface area contributed by atoms with E-state index in [1.165, 1.54) is 24.1 Å². The van der Waals surface area contributed by atoms with Crippen molar-refractivity contribution in [2.24, 2.45) is 14.1 Å². The largest absolute Gasteiger partial charge is 0.332 e. The summed E-state index contributed by atoms with van der Waals surface area (Å²) in [5.74, 6) is 0.189. The first kappa shape index (κ1) is 21.2. The van der Waals surface area contributed by atoms with Crippen LogP contribution in [0.4, 0.5) is 0 Å². The third-order valence-corrected chi connectivity index (χ3v) is 5.68. The average Bonchev–Trinajstić information content (AvgIpc) is 3.35. The predicted molar refractivity (Wildman–Crippen MR) is 118 cm³/mol. The van der Waals surface area contributed by atoms with Crippen LogP contribution in [0.5, 0.6) is 0 Å². The van der Waals surface area contributed by atoms with Crippen molar-refractivity contribution in [2.45, 2.75) is 19.4 Å². The molecular weight excluding hydrogens is 410 g/mol. The van der Waals surface area contributed by atoms with Crippen molar-refractivity contribution in [3.63, 3.8) is 0 Å². The standard InChI is InChI=1S/C22H23N7O3/c1-5-14-15(11-23-19-16(14)21(31)29(4)22(32)28(19)3)20(30)27(2)17(18-24-12-25-26-18)13-9-7-6-8-10-13/h6-12,17H,5H2,1-4H3,(H,24,25,26). The fraction of sp³-hybridized carbons (Fsp3) is 0.273. The van der Waals surface area contributed by atoms with Gasteiger partial charge in [-0.25, -0.2) is 14.8 Å². The molecule has 0 aliphatic carbocycles. The average molecular weight is 433 g/mol. The normalized spacial score (nSPS) is 12.1. The fourth-order valence-electron chi connectivity index (χ4n) is 3.99. The summed E-state index contributed by atoms with van der Waals surface area (Å²) in [5.41, 5.74) is 1.02. The van der Waals surface area contributed by atoms with Crippen molar-refractivity contribution in [1.82, 2.24) is 34.2 Å². The molecule has 32 heavy (non-hydrogen) atoms. The van der Waals surface area contributed by atoms with Crippen LogP contribution < -0.4 is 11.2 Å². The molecule has 1 aromatic carbocycles. The van der Waals surface area contributed by atoms with E-state index in [-0.39, 0.29) is 16.9 Å². The maximum Gasteiger partial charge on any atom is 0.332 e. The number of nitrogens with one attached hydrogen (secondary N) is 1. The number of carbonyl (C=O) groups excluding carboxylic acids is 1. The van der Waals surface area contributed by atoms with E-state index >= 15 is 0 Å². The maximum atomic E-state index is 13.7. The minimum Gasteiger partial charge on any atom is -0.327 e. The van der Waals surface area contributed by atoms with Gasteiger partial charge >= 0.3 is 5.69 Å². The van der Waals surface area contributed by atoms with Crippen LogP contribution in [0.15, 0.2) is 52.4 Å². The zero-order valence-corrected chi connectivity index (χ0v) is 18.2. The van der Waals surface area contributed by atoms with Gasteiger partial charge in [-0.1, -0.05) is 37.3 Å². The summed E-state index contributed by atoms with van der Waals surface area (Å²) in [6, 6.07) is 8.95. The number of fused-ring (bicyclic) bond motifs is 1. The molecule has 0 aliphatic heterocycles. The summed E-state index contributed by atoms with van der Waals surface area (Å²) < 4.78 is 2.34. The highest BCUT2D eigenvalue weighted by atomic mass is 16.2. The van der Waals surface area contributed by atoms with Crippen LogP contribution in [0, 0.1) is 0 Å². The van der Waals surface area contributed by atoms with Crippen LogP contribution in [-0.4, -0.2) is 47.2 Å². The maximum absolute atomic E-state index is 13.7. The lowest BCUT2D eigenvalue weighted by Crippen LogP contribution is -2.38. The summed E-state index contributed by atoms with van der Waals surface area (Å²) in [7, 11) is 4.64. The second-order valence-corrected chi connectivity index (χ2v) is 7.51. The lowest BCUT2D eigenvalue weighted by Gasteiger charge is -2.27. The number of nitrogens with zero attached hydrogens (tertiary/aromatic N) is 6. The smallest absolute Gasteiger partial charge is 0.327 e. The lowest BCUT2D eigenvalue weighted by atomic mass is 10.00. The van der Waals surface area contributed by atoms with Gasteiger partial charge < -0.3 is 4.90 Å². The molecule has 4 aromatic rings. The van der Waals surface area contributed by atoms with Gasteiger partial charge in [0.05, 0.1) is 10.9 Å². The van der Waals surface area contributed by atoms with E-state index in [9.17, 15) is 14.4 Å². The van der Waals surface area contributed by atoms with Crippen molar-refractivity contribution in [2.75, 3.05) is 7.05 Å². The molecule has 0 radical (unpaired) electrons. The topological polar surface area (TPSA) is 119 Å². The van der Waals surface area contributed by atoms with E-state index in [0.29, 0.717) is 23.4 Å². The summed E-state index contributed by atoms with van der Waals surface area (Å²) >= 11 is 0. The van der Waals surface area contributed by atoms with Gasteiger partial charge in [-0.05, 0) is 17.5 Å². The number of aromatic nitrogens is 6. The Morgan fingerprint density at radius 1 is 1.12 bits per heavy atom. The van der Waals surface area contributed by atoms with Gasteiger partial charge in [0.1, 0.15) is 18.0 Å². The molecule has 0 saturated carbocycles. The number of hydrogen-bond acceptors (Lipinski definition) is 6.